The van der Waals surface area contributed by atoms with Gasteiger partial charge >= 0.3 is 0 Å². The summed E-state index contributed by atoms with van der Waals surface area (Å²) in [5.74, 6) is 0.400. The molecular weight excluding hydrogens is 363 g/mol. The molecule has 0 spiro atoms. The number of aromatic nitrogens is 2. The second kappa shape index (κ2) is 6.43. The van der Waals surface area contributed by atoms with Crippen LogP contribution in [0.1, 0.15) is 0 Å². The van der Waals surface area contributed by atoms with Gasteiger partial charge in [0.05, 0.1) is 22.9 Å². The van der Waals surface area contributed by atoms with Crippen LogP contribution in [0.5, 0.6) is 5.75 Å². The summed E-state index contributed by atoms with van der Waals surface area (Å²) in [5, 5.41) is 1.66. The van der Waals surface area contributed by atoms with Gasteiger partial charge < -0.3 is 9.15 Å². The highest BCUT2D eigenvalue weighted by Crippen LogP contribution is 2.32. The molecule has 25 heavy (non-hydrogen) atoms. The largest absolute Gasteiger partial charge is 0.489 e. The number of ether oxygens (including phenoxy) is 1. The van der Waals surface area contributed by atoms with E-state index in [1.54, 1.807) is 18.2 Å². The van der Waals surface area contributed by atoms with E-state index in [4.69, 9.17) is 32.4 Å². The van der Waals surface area contributed by atoms with E-state index in [1.807, 2.05) is 24.3 Å². The van der Waals surface area contributed by atoms with Crippen LogP contribution in [-0.4, -0.2) is 16.2 Å². The van der Waals surface area contributed by atoms with Crippen molar-refractivity contribution in [3.8, 4) is 5.75 Å². The molecule has 0 saturated heterocycles. The SMILES string of the molecule is O=c1c2oc3ccccc3c2ncn1CCOc1c(Cl)cccc1Cl. The maximum absolute atomic E-state index is 12.6. The molecule has 0 radical (unpaired) electrons. The Morgan fingerprint density at radius 2 is 1.84 bits per heavy atom. The zero-order chi connectivity index (χ0) is 17.4. The maximum Gasteiger partial charge on any atom is 0.297 e. The molecular formula is C18H12Cl2N2O3. The van der Waals surface area contributed by atoms with Crippen LogP contribution < -0.4 is 10.3 Å². The van der Waals surface area contributed by atoms with Gasteiger partial charge in [0.2, 0.25) is 5.58 Å². The maximum atomic E-state index is 12.6. The van der Waals surface area contributed by atoms with Crippen LogP contribution in [0, 0.1) is 0 Å². The first kappa shape index (κ1) is 16.0. The molecule has 0 aliphatic carbocycles. The molecule has 4 aromatic rings. The highest BCUT2D eigenvalue weighted by Gasteiger charge is 2.13. The fourth-order valence-electron chi connectivity index (χ4n) is 2.64. The van der Waals surface area contributed by atoms with Gasteiger partial charge in [0, 0.05) is 5.39 Å². The minimum Gasteiger partial charge on any atom is -0.489 e. The highest BCUT2D eigenvalue weighted by atomic mass is 35.5. The molecule has 2 aromatic heterocycles. The summed E-state index contributed by atoms with van der Waals surface area (Å²) in [5.41, 5.74) is 1.18. The molecule has 0 N–H and O–H groups in total. The second-order valence-electron chi connectivity index (χ2n) is 5.42. The van der Waals surface area contributed by atoms with Gasteiger partial charge in [-0.3, -0.25) is 9.36 Å². The lowest BCUT2D eigenvalue weighted by atomic mass is 10.2. The van der Waals surface area contributed by atoms with Gasteiger partial charge in [-0.1, -0.05) is 41.4 Å². The van der Waals surface area contributed by atoms with Gasteiger partial charge in [-0.15, -0.1) is 0 Å². The predicted molar refractivity (Wildman–Crippen MR) is 97.7 cm³/mol. The molecule has 0 aliphatic heterocycles. The summed E-state index contributed by atoms with van der Waals surface area (Å²) in [6.45, 7) is 0.511. The van der Waals surface area contributed by atoms with E-state index in [1.165, 1.54) is 10.9 Å². The number of benzene rings is 2. The van der Waals surface area contributed by atoms with E-state index in [0.29, 0.717) is 33.4 Å². The minimum atomic E-state index is -0.255. The lowest BCUT2D eigenvalue weighted by Gasteiger charge is -2.10. The second-order valence-corrected chi connectivity index (χ2v) is 6.23. The van der Waals surface area contributed by atoms with Crippen molar-refractivity contribution in [3.05, 3.63) is 69.2 Å². The van der Waals surface area contributed by atoms with Crippen LogP contribution in [0.3, 0.4) is 0 Å². The first-order chi connectivity index (χ1) is 12.1. The number of furan rings is 1. The van der Waals surface area contributed by atoms with Crippen LogP contribution in [0.2, 0.25) is 10.0 Å². The number of halogens is 2. The number of para-hydroxylation sites is 2. The monoisotopic (exact) mass is 374 g/mol. The van der Waals surface area contributed by atoms with E-state index in [2.05, 4.69) is 4.98 Å². The van der Waals surface area contributed by atoms with Gasteiger partial charge in [0.15, 0.2) is 5.75 Å². The van der Waals surface area contributed by atoms with Crippen molar-refractivity contribution in [2.24, 2.45) is 0 Å². The molecule has 0 saturated carbocycles. The lowest BCUT2D eigenvalue weighted by Crippen LogP contribution is -2.23. The third kappa shape index (κ3) is 2.86. The van der Waals surface area contributed by atoms with E-state index >= 15 is 0 Å². The van der Waals surface area contributed by atoms with Crippen molar-refractivity contribution in [2.75, 3.05) is 6.61 Å². The van der Waals surface area contributed by atoms with Crippen molar-refractivity contribution in [3.63, 3.8) is 0 Å². The van der Waals surface area contributed by atoms with E-state index in [9.17, 15) is 4.79 Å². The molecule has 0 unspecified atom stereocenters. The van der Waals surface area contributed by atoms with Gasteiger partial charge in [-0.05, 0) is 24.3 Å². The average Bonchev–Trinajstić information content (AvgIpc) is 2.99. The Labute approximate surface area is 152 Å². The minimum absolute atomic E-state index is 0.219. The molecule has 0 atom stereocenters. The van der Waals surface area contributed by atoms with Gasteiger partial charge in [0.1, 0.15) is 17.7 Å². The molecule has 0 fully saturated rings. The van der Waals surface area contributed by atoms with Crippen LogP contribution in [0.4, 0.5) is 0 Å². The van der Waals surface area contributed by atoms with Crippen molar-refractivity contribution in [2.45, 2.75) is 6.54 Å². The Morgan fingerprint density at radius 1 is 1.08 bits per heavy atom. The number of nitrogens with zero attached hydrogens (tertiary/aromatic N) is 2. The molecule has 126 valence electrons. The molecule has 2 aromatic carbocycles. The summed E-state index contributed by atoms with van der Waals surface area (Å²) >= 11 is 12.1. The quantitative estimate of drug-likeness (QED) is 0.526. The lowest BCUT2D eigenvalue weighted by molar-refractivity contribution is 0.296. The van der Waals surface area contributed by atoms with Gasteiger partial charge in [-0.2, -0.15) is 0 Å². The third-order valence-corrected chi connectivity index (χ3v) is 4.44. The average molecular weight is 375 g/mol. The molecule has 0 bridgehead atoms. The highest BCUT2D eigenvalue weighted by molar-refractivity contribution is 6.37. The zero-order valence-electron chi connectivity index (χ0n) is 12.9. The van der Waals surface area contributed by atoms with Crippen LogP contribution in [-0.2, 0) is 6.54 Å². The summed E-state index contributed by atoms with van der Waals surface area (Å²) in [6, 6.07) is 12.5. The molecule has 5 nitrogen and oxygen atoms in total. The zero-order valence-corrected chi connectivity index (χ0v) is 14.4. The van der Waals surface area contributed by atoms with Crippen molar-refractivity contribution in [1.29, 1.82) is 0 Å². The summed E-state index contributed by atoms with van der Waals surface area (Å²) in [7, 11) is 0. The Morgan fingerprint density at radius 3 is 2.64 bits per heavy atom. The fraction of sp³-hybridized carbons (Fsp3) is 0.111. The van der Waals surface area contributed by atoms with Gasteiger partial charge in [0.25, 0.3) is 5.56 Å². The van der Waals surface area contributed by atoms with E-state index < -0.39 is 0 Å². The summed E-state index contributed by atoms with van der Waals surface area (Å²) in [4.78, 5) is 16.9. The smallest absolute Gasteiger partial charge is 0.297 e. The Hall–Kier alpha value is -2.50. The van der Waals surface area contributed by atoms with Crippen LogP contribution in [0.25, 0.3) is 22.1 Å². The number of fused-ring (bicyclic) bond motifs is 3. The molecule has 7 heteroatoms. The standard InChI is InChI=1S/C18H12Cl2N2O3/c19-12-5-3-6-13(20)16(12)24-9-8-22-10-21-15-11-4-1-2-7-14(11)25-17(15)18(22)23/h1-7,10H,8-9H2. The Kier molecular flexibility index (Phi) is 4.11. The first-order valence-electron chi connectivity index (χ1n) is 7.58. The van der Waals surface area contributed by atoms with Crippen molar-refractivity contribution >= 4 is 45.3 Å². The number of hydrogen-bond donors (Lipinski definition) is 0. The Balaban J connectivity index is 1.61. The van der Waals surface area contributed by atoms with Crippen molar-refractivity contribution < 1.29 is 9.15 Å². The number of hydrogen-bond acceptors (Lipinski definition) is 4. The summed E-state index contributed by atoms with van der Waals surface area (Å²) in [6.07, 6.45) is 1.49. The topological polar surface area (TPSA) is 57.3 Å². The normalized spacial score (nSPS) is 11.3. The Bertz CT molecular complexity index is 1110. The molecule has 2 heterocycles. The summed E-state index contributed by atoms with van der Waals surface area (Å²) < 4.78 is 12.7. The number of rotatable bonds is 4. The van der Waals surface area contributed by atoms with Gasteiger partial charge in [-0.25, -0.2) is 4.98 Å². The van der Waals surface area contributed by atoms with E-state index in [0.717, 1.165) is 5.39 Å². The molecule has 4 rings (SSSR count). The fourth-order valence-corrected chi connectivity index (χ4v) is 3.15. The van der Waals surface area contributed by atoms with Crippen molar-refractivity contribution in [1.82, 2.24) is 9.55 Å². The predicted octanol–water partition coefficient (Wildman–Crippen LogP) is 4.53. The molecule has 0 amide bonds. The van der Waals surface area contributed by atoms with E-state index in [-0.39, 0.29) is 17.7 Å². The third-order valence-electron chi connectivity index (χ3n) is 3.85. The van der Waals surface area contributed by atoms with Crippen LogP contribution >= 0.6 is 23.2 Å². The molecule has 0 aliphatic rings. The van der Waals surface area contributed by atoms with Crippen LogP contribution in [0.15, 0.2) is 58.0 Å². The first-order valence-corrected chi connectivity index (χ1v) is 8.34.